The first-order valence-corrected chi connectivity index (χ1v) is 7.37. The molecule has 1 heterocycles. The summed E-state index contributed by atoms with van der Waals surface area (Å²) in [6, 6.07) is 7.71. The summed E-state index contributed by atoms with van der Waals surface area (Å²) in [5.74, 6) is -0.893. The van der Waals surface area contributed by atoms with Gasteiger partial charge < -0.3 is 14.6 Å². The maximum absolute atomic E-state index is 12.0. The average molecular weight is 331 g/mol. The maximum atomic E-state index is 12.0. The van der Waals surface area contributed by atoms with Crippen LogP contribution in [0.3, 0.4) is 0 Å². The van der Waals surface area contributed by atoms with Crippen molar-refractivity contribution in [2.45, 2.75) is 19.9 Å². The van der Waals surface area contributed by atoms with Gasteiger partial charge in [-0.05, 0) is 19.1 Å². The van der Waals surface area contributed by atoms with Crippen molar-refractivity contribution in [3.8, 4) is 0 Å². The molecule has 0 unspecified atom stereocenters. The third-order valence-corrected chi connectivity index (χ3v) is 3.17. The lowest BCUT2D eigenvalue weighted by Gasteiger charge is -2.10. The second kappa shape index (κ2) is 7.91. The van der Waals surface area contributed by atoms with Gasteiger partial charge in [-0.25, -0.2) is 9.59 Å². The van der Waals surface area contributed by atoms with Gasteiger partial charge in [0.2, 0.25) is 5.91 Å². The Kier molecular flexibility index (Phi) is 5.67. The van der Waals surface area contributed by atoms with Gasteiger partial charge >= 0.3 is 11.7 Å². The standard InChI is InChI=1S/C16H17N3O5/c1-2-24-15(22)11-5-3-4-6-12(11)17-13(20)7-9-19-10-8-14(21)18-16(19)23/h3-6,8,10H,2,7,9H2,1H3,(H,17,20)(H,18,21,23). The topological polar surface area (TPSA) is 110 Å². The van der Waals surface area contributed by atoms with E-state index in [4.69, 9.17) is 4.74 Å². The first-order valence-electron chi connectivity index (χ1n) is 7.37. The SMILES string of the molecule is CCOC(=O)c1ccccc1NC(=O)CCn1ccc(=O)[nH]c1=O. The summed E-state index contributed by atoms with van der Waals surface area (Å²) in [5.41, 5.74) is -0.477. The maximum Gasteiger partial charge on any atom is 0.340 e. The van der Waals surface area contributed by atoms with E-state index >= 15 is 0 Å². The summed E-state index contributed by atoms with van der Waals surface area (Å²) in [4.78, 5) is 48.5. The molecule has 0 aliphatic rings. The van der Waals surface area contributed by atoms with Gasteiger partial charge in [-0.2, -0.15) is 0 Å². The number of ether oxygens (including phenoxy) is 1. The minimum Gasteiger partial charge on any atom is -0.462 e. The van der Waals surface area contributed by atoms with Crippen molar-refractivity contribution in [3.05, 3.63) is 62.9 Å². The fourth-order valence-corrected chi connectivity index (χ4v) is 2.03. The Hall–Kier alpha value is -3.16. The second-order valence-corrected chi connectivity index (χ2v) is 4.87. The van der Waals surface area contributed by atoms with Gasteiger partial charge in [0.15, 0.2) is 0 Å². The van der Waals surface area contributed by atoms with Crippen molar-refractivity contribution in [2.75, 3.05) is 11.9 Å². The normalized spacial score (nSPS) is 10.2. The molecule has 0 atom stereocenters. The van der Waals surface area contributed by atoms with E-state index < -0.39 is 17.2 Å². The highest BCUT2D eigenvalue weighted by Crippen LogP contribution is 2.16. The number of esters is 1. The highest BCUT2D eigenvalue weighted by molar-refractivity contribution is 6.01. The Labute approximate surface area is 137 Å². The summed E-state index contributed by atoms with van der Waals surface area (Å²) in [6.07, 6.45) is 1.32. The van der Waals surface area contributed by atoms with E-state index in [-0.39, 0.29) is 31.0 Å². The number of aromatic amines is 1. The summed E-state index contributed by atoms with van der Waals surface area (Å²) in [5, 5.41) is 2.62. The smallest absolute Gasteiger partial charge is 0.340 e. The van der Waals surface area contributed by atoms with Gasteiger partial charge in [0.25, 0.3) is 5.56 Å². The third kappa shape index (κ3) is 4.42. The van der Waals surface area contributed by atoms with Crippen LogP contribution in [-0.2, 0) is 16.1 Å². The number of hydrogen-bond acceptors (Lipinski definition) is 5. The van der Waals surface area contributed by atoms with Crippen LogP contribution in [0.4, 0.5) is 5.69 Å². The summed E-state index contributed by atoms with van der Waals surface area (Å²) in [7, 11) is 0. The molecule has 0 spiro atoms. The molecule has 0 bridgehead atoms. The molecule has 126 valence electrons. The number of rotatable bonds is 6. The third-order valence-electron chi connectivity index (χ3n) is 3.17. The minimum atomic E-state index is -0.581. The fraction of sp³-hybridized carbons (Fsp3) is 0.250. The Morgan fingerprint density at radius 1 is 1.21 bits per heavy atom. The van der Waals surface area contributed by atoms with Gasteiger partial charge in [-0.3, -0.25) is 14.6 Å². The number of para-hydroxylation sites is 1. The van der Waals surface area contributed by atoms with Crippen LogP contribution >= 0.6 is 0 Å². The number of anilines is 1. The number of aryl methyl sites for hydroxylation is 1. The van der Waals surface area contributed by atoms with Crippen LogP contribution in [0.2, 0.25) is 0 Å². The molecular formula is C16H17N3O5. The molecule has 1 aromatic carbocycles. The Morgan fingerprint density at radius 3 is 2.67 bits per heavy atom. The number of amides is 1. The van der Waals surface area contributed by atoms with E-state index in [1.807, 2.05) is 0 Å². The summed E-state index contributed by atoms with van der Waals surface area (Å²) < 4.78 is 6.16. The van der Waals surface area contributed by atoms with Crippen LogP contribution in [0.5, 0.6) is 0 Å². The number of aromatic nitrogens is 2. The zero-order chi connectivity index (χ0) is 17.5. The van der Waals surface area contributed by atoms with Crippen LogP contribution in [0.25, 0.3) is 0 Å². The Bertz CT molecular complexity index is 853. The average Bonchev–Trinajstić information content (AvgIpc) is 2.54. The number of hydrogen-bond donors (Lipinski definition) is 2. The number of H-pyrrole nitrogens is 1. The van der Waals surface area contributed by atoms with Crippen molar-refractivity contribution >= 4 is 17.6 Å². The van der Waals surface area contributed by atoms with Crippen LogP contribution < -0.4 is 16.6 Å². The van der Waals surface area contributed by atoms with E-state index in [1.54, 1.807) is 31.2 Å². The number of benzene rings is 1. The minimum absolute atomic E-state index is 0.00309. The molecule has 0 aliphatic heterocycles. The molecule has 8 nitrogen and oxygen atoms in total. The van der Waals surface area contributed by atoms with Gasteiger partial charge in [0.05, 0.1) is 17.9 Å². The predicted octanol–water partition coefficient (Wildman–Crippen LogP) is 0.742. The molecule has 0 saturated carbocycles. The molecule has 2 rings (SSSR count). The lowest BCUT2D eigenvalue weighted by atomic mass is 10.1. The zero-order valence-corrected chi connectivity index (χ0v) is 13.1. The van der Waals surface area contributed by atoms with Crippen LogP contribution in [0.1, 0.15) is 23.7 Å². The molecule has 0 radical (unpaired) electrons. The molecule has 1 aromatic heterocycles. The fourth-order valence-electron chi connectivity index (χ4n) is 2.03. The van der Waals surface area contributed by atoms with Crippen LogP contribution in [0.15, 0.2) is 46.1 Å². The van der Waals surface area contributed by atoms with Gasteiger partial charge in [0, 0.05) is 25.2 Å². The van der Waals surface area contributed by atoms with Crippen LogP contribution in [-0.4, -0.2) is 28.0 Å². The van der Waals surface area contributed by atoms with Crippen molar-refractivity contribution in [2.24, 2.45) is 0 Å². The lowest BCUT2D eigenvalue weighted by molar-refractivity contribution is -0.116. The molecule has 1 amide bonds. The number of carbonyl (C=O) groups excluding carboxylic acids is 2. The van der Waals surface area contributed by atoms with E-state index in [9.17, 15) is 19.2 Å². The Balaban J connectivity index is 2.04. The highest BCUT2D eigenvalue weighted by Gasteiger charge is 2.13. The van der Waals surface area contributed by atoms with E-state index in [0.717, 1.165) is 0 Å². The quantitative estimate of drug-likeness (QED) is 0.759. The lowest BCUT2D eigenvalue weighted by Crippen LogP contribution is -2.29. The monoisotopic (exact) mass is 331 g/mol. The number of carbonyl (C=O) groups is 2. The second-order valence-electron chi connectivity index (χ2n) is 4.87. The summed E-state index contributed by atoms with van der Waals surface area (Å²) in [6.45, 7) is 2.03. The summed E-state index contributed by atoms with van der Waals surface area (Å²) >= 11 is 0. The Morgan fingerprint density at radius 2 is 1.96 bits per heavy atom. The molecule has 8 heteroatoms. The predicted molar refractivity (Wildman–Crippen MR) is 87.0 cm³/mol. The first kappa shape index (κ1) is 17.2. The molecule has 24 heavy (non-hydrogen) atoms. The number of nitrogens with one attached hydrogen (secondary N) is 2. The molecule has 0 saturated heterocycles. The molecule has 0 aliphatic carbocycles. The van der Waals surface area contributed by atoms with E-state index in [0.29, 0.717) is 5.69 Å². The molecule has 2 aromatic rings. The zero-order valence-electron chi connectivity index (χ0n) is 13.1. The highest BCUT2D eigenvalue weighted by atomic mass is 16.5. The van der Waals surface area contributed by atoms with Gasteiger partial charge in [0.1, 0.15) is 0 Å². The number of nitrogens with zero attached hydrogens (tertiary/aromatic N) is 1. The molecule has 0 fully saturated rings. The molecular weight excluding hydrogens is 314 g/mol. The van der Waals surface area contributed by atoms with Crippen molar-refractivity contribution in [1.82, 2.24) is 9.55 Å². The van der Waals surface area contributed by atoms with Gasteiger partial charge in [-0.15, -0.1) is 0 Å². The van der Waals surface area contributed by atoms with Crippen molar-refractivity contribution in [1.29, 1.82) is 0 Å². The largest absolute Gasteiger partial charge is 0.462 e. The van der Waals surface area contributed by atoms with Crippen molar-refractivity contribution < 1.29 is 14.3 Å². The van der Waals surface area contributed by atoms with E-state index in [2.05, 4.69) is 10.3 Å². The van der Waals surface area contributed by atoms with Crippen molar-refractivity contribution in [3.63, 3.8) is 0 Å². The van der Waals surface area contributed by atoms with E-state index in [1.165, 1.54) is 16.8 Å². The molecule has 2 N–H and O–H groups in total. The van der Waals surface area contributed by atoms with Crippen LogP contribution in [0, 0.1) is 0 Å². The van der Waals surface area contributed by atoms with Gasteiger partial charge in [-0.1, -0.05) is 12.1 Å². The first-order chi connectivity index (χ1) is 11.5.